The number of sulfonamides is 1. The zero-order valence-corrected chi connectivity index (χ0v) is 21.5. The summed E-state index contributed by atoms with van der Waals surface area (Å²) < 4.78 is 33.5. The lowest BCUT2D eigenvalue weighted by molar-refractivity contribution is -0.118. The van der Waals surface area contributed by atoms with Gasteiger partial charge in [-0.15, -0.1) is 0 Å². The van der Waals surface area contributed by atoms with Crippen molar-refractivity contribution in [2.45, 2.75) is 36.6 Å². The van der Waals surface area contributed by atoms with Crippen LogP contribution >= 0.6 is 0 Å². The molecule has 1 heterocycles. The Bertz CT molecular complexity index is 1320. The van der Waals surface area contributed by atoms with Crippen molar-refractivity contribution >= 4 is 27.5 Å². The van der Waals surface area contributed by atoms with E-state index in [0.29, 0.717) is 24.3 Å². The SMILES string of the molecule is COc1ccc(NC(=O)[C@H](Cc2ccccc2)NC(=O)c2ccccc2)cc1S(=O)(=O)N1CCCCC1. The Morgan fingerprint density at radius 3 is 2.22 bits per heavy atom. The van der Waals surface area contributed by atoms with Crippen LogP contribution in [0.25, 0.3) is 0 Å². The van der Waals surface area contributed by atoms with E-state index >= 15 is 0 Å². The lowest BCUT2D eigenvalue weighted by atomic mass is 10.0. The quantitative estimate of drug-likeness (QED) is 0.445. The van der Waals surface area contributed by atoms with E-state index in [0.717, 1.165) is 24.8 Å². The highest BCUT2D eigenvalue weighted by molar-refractivity contribution is 7.89. The average Bonchev–Trinajstić information content (AvgIpc) is 2.94. The molecule has 3 aromatic rings. The van der Waals surface area contributed by atoms with E-state index in [9.17, 15) is 18.0 Å². The molecule has 37 heavy (non-hydrogen) atoms. The molecule has 0 aromatic heterocycles. The molecule has 2 amide bonds. The van der Waals surface area contributed by atoms with Crippen LogP contribution in [0.15, 0.2) is 83.8 Å². The third-order valence-electron chi connectivity index (χ3n) is 6.30. The third kappa shape index (κ3) is 6.55. The van der Waals surface area contributed by atoms with Crippen molar-refractivity contribution in [1.29, 1.82) is 0 Å². The molecule has 0 radical (unpaired) electrons. The fourth-order valence-corrected chi connectivity index (χ4v) is 6.02. The number of hydrogen-bond donors (Lipinski definition) is 2. The third-order valence-corrected chi connectivity index (χ3v) is 8.22. The zero-order chi connectivity index (χ0) is 26.3. The molecule has 1 aliphatic heterocycles. The molecule has 4 rings (SSSR count). The van der Waals surface area contributed by atoms with Gasteiger partial charge in [0, 0.05) is 30.8 Å². The maximum absolute atomic E-state index is 13.4. The normalized spacial score (nSPS) is 14.9. The van der Waals surface area contributed by atoms with Crippen LogP contribution in [0.3, 0.4) is 0 Å². The molecule has 9 heteroatoms. The van der Waals surface area contributed by atoms with E-state index in [4.69, 9.17) is 4.74 Å². The molecular formula is C28H31N3O5S. The molecule has 0 unspecified atom stereocenters. The van der Waals surface area contributed by atoms with Gasteiger partial charge in [-0.05, 0) is 48.7 Å². The highest BCUT2D eigenvalue weighted by Gasteiger charge is 2.30. The van der Waals surface area contributed by atoms with E-state index in [1.165, 1.54) is 23.5 Å². The molecule has 0 bridgehead atoms. The van der Waals surface area contributed by atoms with Gasteiger partial charge in [-0.2, -0.15) is 4.31 Å². The number of amides is 2. The predicted molar refractivity (Wildman–Crippen MR) is 142 cm³/mol. The Hall–Kier alpha value is -3.69. The van der Waals surface area contributed by atoms with Crippen molar-refractivity contribution in [3.05, 3.63) is 90.0 Å². The fourth-order valence-electron chi connectivity index (χ4n) is 4.32. The van der Waals surface area contributed by atoms with Gasteiger partial charge in [-0.1, -0.05) is 55.0 Å². The maximum atomic E-state index is 13.4. The second-order valence-corrected chi connectivity index (χ2v) is 10.8. The van der Waals surface area contributed by atoms with Crippen molar-refractivity contribution in [2.24, 2.45) is 0 Å². The monoisotopic (exact) mass is 521 g/mol. The van der Waals surface area contributed by atoms with Crippen LogP contribution in [0.5, 0.6) is 5.75 Å². The van der Waals surface area contributed by atoms with Gasteiger partial charge in [-0.3, -0.25) is 9.59 Å². The van der Waals surface area contributed by atoms with Crippen LogP contribution in [-0.4, -0.2) is 50.8 Å². The number of benzene rings is 3. The first kappa shape index (κ1) is 26.4. The minimum Gasteiger partial charge on any atom is -0.495 e. The highest BCUT2D eigenvalue weighted by Crippen LogP contribution is 2.31. The average molecular weight is 522 g/mol. The van der Waals surface area contributed by atoms with Crippen LogP contribution < -0.4 is 15.4 Å². The summed E-state index contributed by atoms with van der Waals surface area (Å²) in [4.78, 5) is 26.2. The van der Waals surface area contributed by atoms with Crippen molar-refractivity contribution < 1.29 is 22.7 Å². The number of hydrogen-bond acceptors (Lipinski definition) is 5. The van der Waals surface area contributed by atoms with Gasteiger partial charge in [0.15, 0.2) is 0 Å². The molecule has 1 atom stereocenters. The van der Waals surface area contributed by atoms with Gasteiger partial charge in [0.05, 0.1) is 7.11 Å². The Morgan fingerprint density at radius 2 is 1.57 bits per heavy atom. The first-order valence-corrected chi connectivity index (χ1v) is 13.7. The Labute approximate surface area is 217 Å². The maximum Gasteiger partial charge on any atom is 0.251 e. The van der Waals surface area contributed by atoms with Crippen LogP contribution in [0.1, 0.15) is 35.2 Å². The summed E-state index contributed by atoms with van der Waals surface area (Å²) in [5, 5.41) is 5.61. The zero-order valence-electron chi connectivity index (χ0n) is 20.7. The van der Waals surface area contributed by atoms with Crippen molar-refractivity contribution in [3.63, 3.8) is 0 Å². The smallest absolute Gasteiger partial charge is 0.251 e. The van der Waals surface area contributed by atoms with E-state index in [2.05, 4.69) is 10.6 Å². The number of nitrogens with one attached hydrogen (secondary N) is 2. The first-order chi connectivity index (χ1) is 17.9. The summed E-state index contributed by atoms with van der Waals surface area (Å²) in [5.74, 6) is -0.624. The van der Waals surface area contributed by atoms with Crippen LogP contribution in [0.4, 0.5) is 5.69 Å². The Kier molecular flexibility index (Phi) is 8.58. The minimum atomic E-state index is -3.80. The Balaban J connectivity index is 1.58. The number of carbonyl (C=O) groups excluding carboxylic acids is 2. The molecule has 194 valence electrons. The van der Waals surface area contributed by atoms with Crippen molar-refractivity contribution in [3.8, 4) is 5.75 Å². The number of ether oxygens (including phenoxy) is 1. The summed E-state index contributed by atoms with van der Waals surface area (Å²) >= 11 is 0. The van der Waals surface area contributed by atoms with Gasteiger partial charge in [0.1, 0.15) is 16.7 Å². The van der Waals surface area contributed by atoms with Crippen LogP contribution in [0, 0.1) is 0 Å². The molecule has 2 N–H and O–H groups in total. The number of carbonyl (C=O) groups is 2. The topological polar surface area (TPSA) is 105 Å². The van der Waals surface area contributed by atoms with Gasteiger partial charge >= 0.3 is 0 Å². The Morgan fingerprint density at radius 1 is 0.919 bits per heavy atom. The van der Waals surface area contributed by atoms with E-state index in [-0.39, 0.29) is 23.0 Å². The van der Waals surface area contributed by atoms with E-state index < -0.39 is 22.0 Å². The van der Waals surface area contributed by atoms with Crippen LogP contribution in [-0.2, 0) is 21.2 Å². The molecule has 1 fully saturated rings. The summed E-state index contributed by atoms with van der Waals surface area (Å²) in [7, 11) is -2.39. The number of piperidine rings is 1. The number of anilines is 1. The lowest BCUT2D eigenvalue weighted by Gasteiger charge is -2.27. The second-order valence-electron chi connectivity index (χ2n) is 8.90. The summed E-state index contributed by atoms with van der Waals surface area (Å²) in [6.45, 7) is 0.902. The van der Waals surface area contributed by atoms with Gasteiger partial charge in [0.25, 0.3) is 5.91 Å². The lowest BCUT2D eigenvalue weighted by Crippen LogP contribution is -2.45. The summed E-state index contributed by atoms with van der Waals surface area (Å²) in [5.41, 5.74) is 1.61. The van der Waals surface area contributed by atoms with Crippen molar-refractivity contribution in [2.75, 3.05) is 25.5 Å². The number of rotatable bonds is 9. The van der Waals surface area contributed by atoms with E-state index in [1.807, 2.05) is 36.4 Å². The molecule has 1 saturated heterocycles. The minimum absolute atomic E-state index is 0.00244. The molecule has 0 saturated carbocycles. The largest absolute Gasteiger partial charge is 0.495 e. The summed E-state index contributed by atoms with van der Waals surface area (Å²) in [6, 6.07) is 21.7. The molecule has 0 spiro atoms. The van der Waals surface area contributed by atoms with Gasteiger partial charge < -0.3 is 15.4 Å². The standard InChI is InChI=1S/C28H31N3O5S/c1-36-25-16-15-23(20-26(25)37(34,35)31-17-9-4-10-18-31)29-28(33)24(19-21-11-5-2-6-12-21)30-27(32)22-13-7-3-8-14-22/h2-3,5-8,11-16,20,24H,4,9-10,17-19H2,1H3,(H,29,33)(H,30,32)/t24-/m0/s1. The van der Waals surface area contributed by atoms with Gasteiger partial charge in [-0.25, -0.2) is 8.42 Å². The summed E-state index contributed by atoms with van der Waals surface area (Å²) in [6.07, 6.45) is 2.87. The highest BCUT2D eigenvalue weighted by atomic mass is 32.2. The molecule has 1 aliphatic rings. The van der Waals surface area contributed by atoms with Crippen molar-refractivity contribution in [1.82, 2.24) is 9.62 Å². The van der Waals surface area contributed by atoms with Gasteiger partial charge in [0.2, 0.25) is 15.9 Å². The molecule has 3 aromatic carbocycles. The first-order valence-electron chi connectivity index (χ1n) is 12.3. The van der Waals surface area contributed by atoms with Crippen LogP contribution in [0.2, 0.25) is 0 Å². The van der Waals surface area contributed by atoms with E-state index in [1.54, 1.807) is 30.3 Å². The molecular weight excluding hydrogens is 490 g/mol. The molecule has 0 aliphatic carbocycles. The second kappa shape index (κ2) is 12.0. The predicted octanol–water partition coefficient (Wildman–Crippen LogP) is 3.85. The number of methoxy groups -OCH3 is 1. The molecule has 8 nitrogen and oxygen atoms in total. The fraction of sp³-hybridized carbons (Fsp3) is 0.286. The number of nitrogens with zero attached hydrogens (tertiary/aromatic N) is 1.